The van der Waals surface area contributed by atoms with Gasteiger partial charge in [0, 0.05) is 23.6 Å². The smallest absolute Gasteiger partial charge is 0.247 e. The van der Waals surface area contributed by atoms with Gasteiger partial charge in [-0.15, -0.1) is 0 Å². The Hall–Kier alpha value is -2.88. The summed E-state index contributed by atoms with van der Waals surface area (Å²) in [6, 6.07) is 13.4. The molecule has 0 saturated heterocycles. The molecule has 1 amide bonds. The minimum Gasteiger partial charge on any atom is -0.323 e. The predicted octanol–water partition coefficient (Wildman–Crippen LogP) is 3.13. The largest absolute Gasteiger partial charge is 0.323 e. The molecule has 0 aliphatic carbocycles. The number of carbonyl (C=O) groups is 1. The first-order valence-corrected chi connectivity index (χ1v) is 6.24. The Labute approximate surface area is 116 Å². The molecule has 0 saturated carbocycles. The van der Waals surface area contributed by atoms with E-state index in [1.807, 2.05) is 59.3 Å². The molecule has 0 aliphatic rings. The van der Waals surface area contributed by atoms with Gasteiger partial charge < -0.3 is 9.72 Å². The van der Waals surface area contributed by atoms with Gasteiger partial charge in [-0.2, -0.15) is 0 Å². The van der Waals surface area contributed by atoms with E-state index in [1.165, 1.54) is 6.08 Å². The van der Waals surface area contributed by atoms with Crippen LogP contribution in [0.3, 0.4) is 0 Å². The minimum absolute atomic E-state index is 0.217. The highest BCUT2D eigenvalue weighted by Crippen LogP contribution is 2.21. The maximum atomic E-state index is 11.2. The molecule has 3 aromatic rings. The summed E-state index contributed by atoms with van der Waals surface area (Å²) in [6.45, 7) is 3.42. The topological polar surface area (TPSA) is 46.4 Å². The van der Waals surface area contributed by atoms with Crippen molar-refractivity contribution in [3.63, 3.8) is 0 Å². The third-order valence-corrected chi connectivity index (χ3v) is 3.00. The Bertz CT molecular complexity index is 739. The molecule has 2 heterocycles. The first-order chi connectivity index (χ1) is 9.76. The number of hydrogen-bond acceptors (Lipinski definition) is 2. The van der Waals surface area contributed by atoms with Crippen LogP contribution in [0.1, 0.15) is 0 Å². The van der Waals surface area contributed by atoms with Crippen LogP contribution < -0.4 is 5.32 Å². The zero-order chi connectivity index (χ0) is 13.9. The van der Waals surface area contributed by atoms with Crippen molar-refractivity contribution in [2.75, 3.05) is 5.32 Å². The first-order valence-electron chi connectivity index (χ1n) is 6.24. The van der Waals surface area contributed by atoms with E-state index in [1.54, 1.807) is 0 Å². The Morgan fingerprint density at radius 1 is 1.20 bits per heavy atom. The maximum absolute atomic E-state index is 11.2. The van der Waals surface area contributed by atoms with Crippen molar-refractivity contribution < 1.29 is 4.79 Å². The SMILES string of the molecule is C=CC(=O)Nc1ccc(-c2cn3ccccc3n2)cc1. The lowest BCUT2D eigenvalue weighted by Crippen LogP contribution is -2.06. The van der Waals surface area contributed by atoms with Crippen molar-refractivity contribution in [3.05, 3.63) is 67.5 Å². The number of benzene rings is 1. The average Bonchev–Trinajstić information content (AvgIpc) is 2.91. The number of hydrogen-bond donors (Lipinski definition) is 1. The van der Waals surface area contributed by atoms with Crippen LogP contribution in [-0.2, 0) is 4.79 Å². The lowest BCUT2D eigenvalue weighted by Gasteiger charge is -2.02. The summed E-state index contributed by atoms with van der Waals surface area (Å²) in [6.07, 6.45) is 5.19. The normalized spacial score (nSPS) is 10.4. The second-order valence-electron chi connectivity index (χ2n) is 4.36. The lowest BCUT2D eigenvalue weighted by atomic mass is 10.1. The molecule has 0 spiro atoms. The summed E-state index contributed by atoms with van der Waals surface area (Å²) in [7, 11) is 0. The van der Waals surface area contributed by atoms with Gasteiger partial charge in [-0.3, -0.25) is 4.79 Å². The summed E-state index contributed by atoms with van der Waals surface area (Å²) >= 11 is 0. The van der Waals surface area contributed by atoms with Crippen LogP contribution in [0.4, 0.5) is 5.69 Å². The van der Waals surface area contributed by atoms with E-state index in [9.17, 15) is 4.79 Å². The molecule has 20 heavy (non-hydrogen) atoms. The van der Waals surface area contributed by atoms with Crippen molar-refractivity contribution in [1.29, 1.82) is 0 Å². The zero-order valence-corrected chi connectivity index (χ0v) is 10.8. The van der Waals surface area contributed by atoms with E-state index in [-0.39, 0.29) is 5.91 Å². The standard InChI is InChI=1S/C16H13N3O/c1-2-16(20)17-13-8-6-12(7-9-13)14-11-19-10-4-3-5-15(19)18-14/h2-11H,1H2,(H,17,20). The molecule has 4 heteroatoms. The molecule has 0 atom stereocenters. The zero-order valence-electron chi connectivity index (χ0n) is 10.8. The van der Waals surface area contributed by atoms with Crippen LogP contribution in [0.2, 0.25) is 0 Å². The van der Waals surface area contributed by atoms with E-state index in [4.69, 9.17) is 0 Å². The fourth-order valence-corrected chi connectivity index (χ4v) is 1.99. The molecule has 0 fully saturated rings. The summed E-state index contributed by atoms with van der Waals surface area (Å²) in [5.74, 6) is -0.217. The number of amides is 1. The van der Waals surface area contributed by atoms with Crippen molar-refractivity contribution in [3.8, 4) is 11.3 Å². The highest BCUT2D eigenvalue weighted by atomic mass is 16.1. The molecule has 4 nitrogen and oxygen atoms in total. The van der Waals surface area contributed by atoms with Crippen LogP contribution >= 0.6 is 0 Å². The average molecular weight is 263 g/mol. The van der Waals surface area contributed by atoms with Gasteiger partial charge in [-0.1, -0.05) is 24.8 Å². The van der Waals surface area contributed by atoms with Crippen LogP contribution in [-0.4, -0.2) is 15.3 Å². The number of pyridine rings is 1. The fourth-order valence-electron chi connectivity index (χ4n) is 1.99. The summed E-state index contributed by atoms with van der Waals surface area (Å²) in [5.41, 5.74) is 3.55. The van der Waals surface area contributed by atoms with Gasteiger partial charge in [0.1, 0.15) is 5.65 Å². The second kappa shape index (κ2) is 5.01. The van der Waals surface area contributed by atoms with E-state index >= 15 is 0 Å². The van der Waals surface area contributed by atoms with E-state index in [0.29, 0.717) is 0 Å². The molecule has 1 aromatic carbocycles. The van der Waals surface area contributed by atoms with Gasteiger partial charge in [0.15, 0.2) is 0 Å². The number of carbonyl (C=O) groups excluding carboxylic acids is 1. The Kier molecular flexibility index (Phi) is 3.05. The molecule has 3 rings (SSSR count). The van der Waals surface area contributed by atoms with Gasteiger partial charge >= 0.3 is 0 Å². The number of rotatable bonds is 3. The van der Waals surface area contributed by atoms with Crippen molar-refractivity contribution >= 4 is 17.2 Å². The van der Waals surface area contributed by atoms with E-state index in [0.717, 1.165) is 22.6 Å². The van der Waals surface area contributed by atoms with Gasteiger partial charge in [-0.25, -0.2) is 4.98 Å². The van der Waals surface area contributed by atoms with Crippen molar-refractivity contribution in [2.24, 2.45) is 0 Å². The molecule has 0 unspecified atom stereocenters. The summed E-state index contributed by atoms with van der Waals surface area (Å²) < 4.78 is 1.97. The Balaban J connectivity index is 1.90. The Morgan fingerprint density at radius 2 is 2.00 bits per heavy atom. The lowest BCUT2D eigenvalue weighted by molar-refractivity contribution is -0.111. The number of anilines is 1. The Morgan fingerprint density at radius 3 is 2.70 bits per heavy atom. The van der Waals surface area contributed by atoms with E-state index < -0.39 is 0 Å². The van der Waals surface area contributed by atoms with Gasteiger partial charge in [0.05, 0.1) is 5.69 Å². The predicted molar refractivity (Wildman–Crippen MR) is 79.5 cm³/mol. The fraction of sp³-hybridized carbons (Fsp3) is 0. The number of nitrogens with one attached hydrogen (secondary N) is 1. The number of aromatic nitrogens is 2. The second-order valence-corrected chi connectivity index (χ2v) is 4.36. The van der Waals surface area contributed by atoms with Crippen molar-refractivity contribution in [2.45, 2.75) is 0 Å². The summed E-state index contributed by atoms with van der Waals surface area (Å²) in [4.78, 5) is 15.8. The number of nitrogens with zero attached hydrogens (tertiary/aromatic N) is 2. The molecule has 1 N–H and O–H groups in total. The maximum Gasteiger partial charge on any atom is 0.247 e. The molecule has 98 valence electrons. The van der Waals surface area contributed by atoms with Crippen LogP contribution in [0, 0.1) is 0 Å². The number of fused-ring (bicyclic) bond motifs is 1. The third kappa shape index (κ3) is 2.31. The van der Waals surface area contributed by atoms with Crippen LogP contribution in [0.15, 0.2) is 67.5 Å². The highest BCUT2D eigenvalue weighted by molar-refractivity contribution is 5.98. The molecule has 0 bridgehead atoms. The third-order valence-electron chi connectivity index (χ3n) is 3.00. The minimum atomic E-state index is -0.217. The quantitative estimate of drug-likeness (QED) is 0.738. The molecule has 0 aliphatic heterocycles. The monoisotopic (exact) mass is 263 g/mol. The van der Waals surface area contributed by atoms with Gasteiger partial charge in [0.25, 0.3) is 0 Å². The van der Waals surface area contributed by atoms with Gasteiger partial charge in [-0.05, 0) is 30.3 Å². The van der Waals surface area contributed by atoms with E-state index in [2.05, 4.69) is 16.9 Å². The molecular formula is C16H13N3O. The number of imidazole rings is 1. The van der Waals surface area contributed by atoms with Crippen molar-refractivity contribution in [1.82, 2.24) is 9.38 Å². The van der Waals surface area contributed by atoms with Crippen LogP contribution in [0.25, 0.3) is 16.9 Å². The van der Waals surface area contributed by atoms with Crippen LogP contribution in [0.5, 0.6) is 0 Å². The molecule has 2 aromatic heterocycles. The van der Waals surface area contributed by atoms with Gasteiger partial charge in [0.2, 0.25) is 5.91 Å². The summed E-state index contributed by atoms with van der Waals surface area (Å²) in [5, 5.41) is 2.71. The molecule has 0 radical (unpaired) electrons. The highest BCUT2D eigenvalue weighted by Gasteiger charge is 2.04. The first kappa shape index (κ1) is 12.2. The molecular weight excluding hydrogens is 250 g/mol.